The number of para-hydroxylation sites is 1. The summed E-state index contributed by atoms with van der Waals surface area (Å²) in [6, 6.07) is 6.18. The lowest BCUT2D eigenvalue weighted by atomic mass is 10.1. The molecule has 92 valence electrons. The Morgan fingerprint density at radius 1 is 1.47 bits per heavy atom. The third-order valence-corrected chi connectivity index (χ3v) is 2.79. The number of nitrogens with two attached hydrogens (primary N) is 1. The molecule has 2 rings (SSSR count). The number of nitrogens with zero attached hydrogens (tertiary/aromatic N) is 1. The Kier molecular flexibility index (Phi) is 3.58. The molecule has 1 aliphatic rings. The lowest BCUT2D eigenvalue weighted by molar-refractivity contribution is 0.0804. The first-order valence-electron chi connectivity index (χ1n) is 5.65. The number of hydrogen-bond acceptors (Lipinski definition) is 3. The fourth-order valence-electron chi connectivity index (χ4n) is 1.91. The second-order valence-corrected chi connectivity index (χ2v) is 3.97. The largest absolute Gasteiger partial charge is 0.446 e. The highest BCUT2D eigenvalue weighted by Gasteiger charge is 2.28. The average Bonchev–Trinajstić information content (AvgIpc) is 2.31. The zero-order chi connectivity index (χ0) is 12.3. The number of cyclic esters (lactones) is 1. The van der Waals surface area contributed by atoms with E-state index in [1.54, 1.807) is 18.2 Å². The zero-order valence-corrected chi connectivity index (χ0v) is 9.43. The summed E-state index contributed by atoms with van der Waals surface area (Å²) in [7, 11) is 0. The van der Waals surface area contributed by atoms with Gasteiger partial charge in [0, 0.05) is 13.0 Å². The van der Waals surface area contributed by atoms with Crippen molar-refractivity contribution in [1.29, 1.82) is 0 Å². The summed E-state index contributed by atoms with van der Waals surface area (Å²) in [5, 5.41) is 0. The second kappa shape index (κ2) is 5.14. The predicted molar refractivity (Wildman–Crippen MR) is 62.3 cm³/mol. The fraction of sp³-hybridized carbons (Fsp3) is 0.417. The van der Waals surface area contributed by atoms with Crippen LogP contribution in [-0.2, 0) is 4.74 Å². The molecule has 1 saturated heterocycles. The lowest BCUT2D eigenvalue weighted by Crippen LogP contribution is -2.43. The van der Waals surface area contributed by atoms with Crippen molar-refractivity contribution in [2.24, 2.45) is 5.73 Å². The Labute approximate surface area is 99.2 Å². The summed E-state index contributed by atoms with van der Waals surface area (Å²) in [5.41, 5.74) is 5.68. The summed E-state index contributed by atoms with van der Waals surface area (Å²) < 4.78 is 18.7. The standard InChI is InChI=1S/C12H15FN2O2/c13-10-3-1-2-4-11(10)15-8-6-9(5-7-14)17-12(15)16/h1-4,9H,5-8,14H2. The van der Waals surface area contributed by atoms with Crippen LogP contribution in [0.1, 0.15) is 12.8 Å². The normalized spacial score (nSPS) is 20.2. The maximum absolute atomic E-state index is 13.5. The van der Waals surface area contributed by atoms with Gasteiger partial charge in [0.2, 0.25) is 0 Å². The molecule has 2 N–H and O–H groups in total. The molecule has 0 aromatic heterocycles. The molecule has 1 unspecified atom stereocenters. The van der Waals surface area contributed by atoms with E-state index in [2.05, 4.69) is 0 Å². The van der Waals surface area contributed by atoms with Crippen molar-refractivity contribution < 1.29 is 13.9 Å². The maximum Gasteiger partial charge on any atom is 0.414 e. The van der Waals surface area contributed by atoms with Gasteiger partial charge in [-0.2, -0.15) is 0 Å². The molecular formula is C12H15FN2O2. The maximum atomic E-state index is 13.5. The van der Waals surface area contributed by atoms with Gasteiger partial charge in [-0.1, -0.05) is 12.1 Å². The molecule has 5 heteroatoms. The Morgan fingerprint density at radius 2 is 2.24 bits per heavy atom. The molecule has 0 radical (unpaired) electrons. The Balaban J connectivity index is 2.10. The van der Waals surface area contributed by atoms with Crippen molar-refractivity contribution in [2.45, 2.75) is 18.9 Å². The van der Waals surface area contributed by atoms with Gasteiger partial charge in [-0.15, -0.1) is 0 Å². The highest BCUT2D eigenvalue weighted by atomic mass is 19.1. The number of amides is 1. The molecule has 0 bridgehead atoms. The molecule has 17 heavy (non-hydrogen) atoms. The van der Waals surface area contributed by atoms with Gasteiger partial charge in [0.25, 0.3) is 0 Å². The van der Waals surface area contributed by atoms with Crippen molar-refractivity contribution in [2.75, 3.05) is 18.0 Å². The number of carbonyl (C=O) groups is 1. The number of benzene rings is 1. The van der Waals surface area contributed by atoms with E-state index in [9.17, 15) is 9.18 Å². The van der Waals surface area contributed by atoms with Crippen molar-refractivity contribution in [1.82, 2.24) is 0 Å². The first kappa shape index (κ1) is 11.9. The molecule has 0 spiro atoms. The topological polar surface area (TPSA) is 55.6 Å². The van der Waals surface area contributed by atoms with Crippen LogP contribution in [0.5, 0.6) is 0 Å². The molecule has 4 nitrogen and oxygen atoms in total. The minimum absolute atomic E-state index is 0.143. The van der Waals surface area contributed by atoms with Crippen LogP contribution in [-0.4, -0.2) is 25.3 Å². The van der Waals surface area contributed by atoms with E-state index in [1.807, 2.05) is 0 Å². The summed E-state index contributed by atoms with van der Waals surface area (Å²) in [6.07, 6.45) is 0.684. The van der Waals surface area contributed by atoms with E-state index in [4.69, 9.17) is 10.5 Å². The Hall–Kier alpha value is -1.62. The molecule has 1 amide bonds. The predicted octanol–water partition coefficient (Wildman–Crippen LogP) is 1.89. The van der Waals surface area contributed by atoms with Crippen LogP contribution in [0.3, 0.4) is 0 Å². The Bertz CT molecular complexity index is 411. The van der Waals surface area contributed by atoms with E-state index >= 15 is 0 Å². The molecule has 1 atom stereocenters. The van der Waals surface area contributed by atoms with Crippen molar-refractivity contribution in [3.8, 4) is 0 Å². The number of carbonyl (C=O) groups excluding carboxylic acids is 1. The number of halogens is 1. The SMILES string of the molecule is NCCC1CCN(c2ccccc2F)C(=O)O1. The second-order valence-electron chi connectivity index (χ2n) is 3.97. The fourth-order valence-corrected chi connectivity index (χ4v) is 1.91. The van der Waals surface area contributed by atoms with Crippen LogP contribution >= 0.6 is 0 Å². The van der Waals surface area contributed by atoms with Crippen molar-refractivity contribution >= 4 is 11.8 Å². The van der Waals surface area contributed by atoms with E-state index in [1.165, 1.54) is 11.0 Å². The van der Waals surface area contributed by atoms with Gasteiger partial charge in [-0.05, 0) is 25.1 Å². The molecular weight excluding hydrogens is 223 g/mol. The minimum Gasteiger partial charge on any atom is -0.446 e. The average molecular weight is 238 g/mol. The smallest absolute Gasteiger partial charge is 0.414 e. The summed E-state index contributed by atoms with van der Waals surface area (Å²) in [4.78, 5) is 13.1. The van der Waals surface area contributed by atoms with E-state index in [-0.39, 0.29) is 11.8 Å². The monoisotopic (exact) mass is 238 g/mol. The van der Waals surface area contributed by atoms with Crippen LogP contribution in [0.15, 0.2) is 24.3 Å². The quantitative estimate of drug-likeness (QED) is 0.874. The van der Waals surface area contributed by atoms with Gasteiger partial charge in [-0.25, -0.2) is 9.18 Å². The van der Waals surface area contributed by atoms with E-state index < -0.39 is 11.9 Å². The van der Waals surface area contributed by atoms with Gasteiger partial charge in [0.05, 0.1) is 5.69 Å². The van der Waals surface area contributed by atoms with Gasteiger partial charge < -0.3 is 10.5 Å². The molecule has 0 saturated carbocycles. The van der Waals surface area contributed by atoms with Crippen LogP contribution in [0.2, 0.25) is 0 Å². The molecule has 1 fully saturated rings. The number of ether oxygens (including phenoxy) is 1. The molecule has 1 heterocycles. The summed E-state index contributed by atoms with van der Waals surface area (Å²) >= 11 is 0. The summed E-state index contributed by atoms with van der Waals surface area (Å²) in [6.45, 7) is 0.947. The minimum atomic E-state index is -0.500. The van der Waals surface area contributed by atoms with E-state index in [0.717, 1.165) is 0 Å². The van der Waals surface area contributed by atoms with Gasteiger partial charge in [-0.3, -0.25) is 4.90 Å². The number of rotatable bonds is 3. The summed E-state index contributed by atoms with van der Waals surface area (Å²) in [5.74, 6) is -0.415. The third kappa shape index (κ3) is 2.55. The number of anilines is 1. The van der Waals surface area contributed by atoms with Crippen molar-refractivity contribution in [3.63, 3.8) is 0 Å². The van der Waals surface area contributed by atoms with Crippen LogP contribution in [0.4, 0.5) is 14.9 Å². The lowest BCUT2D eigenvalue weighted by Gasteiger charge is -2.31. The molecule has 1 aromatic rings. The molecule has 1 aliphatic heterocycles. The van der Waals surface area contributed by atoms with Crippen LogP contribution in [0, 0.1) is 5.82 Å². The highest BCUT2D eigenvalue weighted by molar-refractivity contribution is 5.88. The zero-order valence-electron chi connectivity index (χ0n) is 9.43. The first-order chi connectivity index (χ1) is 8.22. The molecule has 1 aromatic carbocycles. The van der Waals surface area contributed by atoms with E-state index in [0.29, 0.717) is 25.9 Å². The number of hydrogen-bond donors (Lipinski definition) is 1. The van der Waals surface area contributed by atoms with Gasteiger partial charge in [0.15, 0.2) is 0 Å². The van der Waals surface area contributed by atoms with Gasteiger partial charge >= 0.3 is 6.09 Å². The molecule has 0 aliphatic carbocycles. The van der Waals surface area contributed by atoms with Crippen LogP contribution < -0.4 is 10.6 Å². The van der Waals surface area contributed by atoms with Crippen molar-refractivity contribution in [3.05, 3.63) is 30.1 Å². The van der Waals surface area contributed by atoms with Crippen LogP contribution in [0.25, 0.3) is 0 Å². The van der Waals surface area contributed by atoms with Gasteiger partial charge in [0.1, 0.15) is 11.9 Å². The third-order valence-electron chi connectivity index (χ3n) is 2.79. The first-order valence-corrected chi connectivity index (χ1v) is 5.65. The Morgan fingerprint density at radius 3 is 2.88 bits per heavy atom. The highest BCUT2D eigenvalue weighted by Crippen LogP contribution is 2.24.